The standard InChI is InChI=1S/C16H25NO/c1-12-8-14(3)15(9-13(12)2)10-17-16(4)6-5-7-18-11-16/h8-9,17H,5-7,10-11H2,1-4H3. The SMILES string of the molecule is Cc1cc(C)c(CNC2(C)CCCOC2)cc1C. The highest BCUT2D eigenvalue weighted by Gasteiger charge is 2.26. The summed E-state index contributed by atoms with van der Waals surface area (Å²) >= 11 is 0. The van der Waals surface area contributed by atoms with Crippen molar-refractivity contribution < 1.29 is 4.74 Å². The molecule has 1 aliphatic rings. The number of benzene rings is 1. The number of rotatable bonds is 3. The second-order valence-electron chi connectivity index (χ2n) is 5.93. The zero-order valence-corrected chi connectivity index (χ0v) is 12.1. The van der Waals surface area contributed by atoms with Gasteiger partial charge in [-0.25, -0.2) is 0 Å². The highest BCUT2D eigenvalue weighted by molar-refractivity contribution is 5.36. The van der Waals surface area contributed by atoms with Gasteiger partial charge in [-0.1, -0.05) is 12.1 Å². The van der Waals surface area contributed by atoms with E-state index in [-0.39, 0.29) is 5.54 Å². The van der Waals surface area contributed by atoms with Crippen molar-refractivity contribution in [2.45, 2.75) is 52.6 Å². The molecule has 2 heteroatoms. The predicted molar refractivity (Wildman–Crippen MR) is 76.0 cm³/mol. The summed E-state index contributed by atoms with van der Waals surface area (Å²) in [5, 5.41) is 3.68. The van der Waals surface area contributed by atoms with Gasteiger partial charge >= 0.3 is 0 Å². The van der Waals surface area contributed by atoms with Crippen molar-refractivity contribution in [2.75, 3.05) is 13.2 Å². The van der Waals surface area contributed by atoms with Crippen LogP contribution in [0.15, 0.2) is 12.1 Å². The second-order valence-corrected chi connectivity index (χ2v) is 5.93. The van der Waals surface area contributed by atoms with E-state index >= 15 is 0 Å². The van der Waals surface area contributed by atoms with Gasteiger partial charge in [0.15, 0.2) is 0 Å². The summed E-state index contributed by atoms with van der Waals surface area (Å²) in [7, 11) is 0. The second kappa shape index (κ2) is 5.41. The Hall–Kier alpha value is -0.860. The van der Waals surface area contributed by atoms with Crippen LogP contribution >= 0.6 is 0 Å². The third-order valence-electron chi connectivity index (χ3n) is 4.10. The molecule has 0 aromatic heterocycles. The molecule has 0 bridgehead atoms. The van der Waals surface area contributed by atoms with Crippen molar-refractivity contribution in [1.82, 2.24) is 5.32 Å². The Balaban J connectivity index is 2.03. The molecule has 0 saturated carbocycles. The Kier molecular flexibility index (Phi) is 4.08. The van der Waals surface area contributed by atoms with Crippen molar-refractivity contribution in [3.8, 4) is 0 Å². The lowest BCUT2D eigenvalue weighted by Crippen LogP contribution is -2.48. The quantitative estimate of drug-likeness (QED) is 0.885. The summed E-state index contributed by atoms with van der Waals surface area (Å²) in [6.07, 6.45) is 2.37. The number of hydrogen-bond acceptors (Lipinski definition) is 2. The molecule has 18 heavy (non-hydrogen) atoms. The highest BCUT2D eigenvalue weighted by atomic mass is 16.5. The number of nitrogens with one attached hydrogen (secondary N) is 1. The minimum atomic E-state index is 0.142. The van der Waals surface area contributed by atoms with E-state index in [1.54, 1.807) is 0 Å². The largest absolute Gasteiger partial charge is 0.380 e. The van der Waals surface area contributed by atoms with Crippen LogP contribution < -0.4 is 5.32 Å². The first-order valence-corrected chi connectivity index (χ1v) is 6.90. The molecule has 1 N–H and O–H groups in total. The molecule has 1 saturated heterocycles. The van der Waals surface area contributed by atoms with Gasteiger partial charge in [-0.3, -0.25) is 0 Å². The molecule has 2 rings (SSSR count). The number of ether oxygens (including phenoxy) is 1. The lowest BCUT2D eigenvalue weighted by atomic mass is 9.93. The van der Waals surface area contributed by atoms with Crippen LogP contribution in [-0.2, 0) is 11.3 Å². The summed E-state index contributed by atoms with van der Waals surface area (Å²) in [6.45, 7) is 11.5. The van der Waals surface area contributed by atoms with E-state index in [1.165, 1.54) is 28.7 Å². The summed E-state index contributed by atoms with van der Waals surface area (Å²) < 4.78 is 5.58. The van der Waals surface area contributed by atoms with E-state index in [0.29, 0.717) is 0 Å². The molecule has 0 amide bonds. The van der Waals surface area contributed by atoms with Gasteiger partial charge in [0.1, 0.15) is 0 Å². The molecule has 1 aromatic carbocycles. The minimum Gasteiger partial charge on any atom is -0.380 e. The lowest BCUT2D eigenvalue weighted by Gasteiger charge is -2.34. The molecule has 2 nitrogen and oxygen atoms in total. The molecule has 1 unspecified atom stereocenters. The summed E-state index contributed by atoms with van der Waals surface area (Å²) in [5.74, 6) is 0. The van der Waals surface area contributed by atoms with Crippen LogP contribution in [0.4, 0.5) is 0 Å². The van der Waals surface area contributed by atoms with Crippen LogP contribution in [-0.4, -0.2) is 18.8 Å². The molecule has 1 aliphatic heterocycles. The Morgan fingerprint density at radius 3 is 2.56 bits per heavy atom. The Morgan fingerprint density at radius 2 is 1.89 bits per heavy atom. The molecule has 0 aliphatic carbocycles. The first-order chi connectivity index (χ1) is 8.50. The van der Waals surface area contributed by atoms with Crippen LogP contribution in [0, 0.1) is 20.8 Å². The van der Waals surface area contributed by atoms with E-state index in [1.807, 2.05) is 0 Å². The summed E-state index contributed by atoms with van der Waals surface area (Å²) in [5.41, 5.74) is 5.69. The van der Waals surface area contributed by atoms with Crippen LogP contribution in [0.2, 0.25) is 0 Å². The molecule has 1 atom stereocenters. The average Bonchev–Trinajstić information content (AvgIpc) is 2.33. The molecule has 100 valence electrons. The molecule has 0 radical (unpaired) electrons. The van der Waals surface area contributed by atoms with Gasteiger partial charge in [0.2, 0.25) is 0 Å². The fourth-order valence-electron chi connectivity index (χ4n) is 2.59. The summed E-state index contributed by atoms with van der Waals surface area (Å²) in [6, 6.07) is 4.59. The fourth-order valence-corrected chi connectivity index (χ4v) is 2.59. The van der Waals surface area contributed by atoms with Crippen molar-refractivity contribution in [1.29, 1.82) is 0 Å². The number of aryl methyl sites for hydroxylation is 3. The van der Waals surface area contributed by atoms with Gasteiger partial charge in [0.05, 0.1) is 6.61 Å². The molecule has 1 heterocycles. The number of hydrogen-bond donors (Lipinski definition) is 1. The van der Waals surface area contributed by atoms with E-state index in [2.05, 4.69) is 45.1 Å². The topological polar surface area (TPSA) is 21.3 Å². The molecule has 1 aromatic rings. The van der Waals surface area contributed by atoms with Crippen molar-refractivity contribution >= 4 is 0 Å². The van der Waals surface area contributed by atoms with Crippen molar-refractivity contribution in [3.05, 3.63) is 34.4 Å². The van der Waals surface area contributed by atoms with Crippen LogP contribution in [0.1, 0.15) is 42.0 Å². The first-order valence-electron chi connectivity index (χ1n) is 6.90. The van der Waals surface area contributed by atoms with Gasteiger partial charge in [0.25, 0.3) is 0 Å². The summed E-state index contributed by atoms with van der Waals surface area (Å²) in [4.78, 5) is 0. The Bertz CT molecular complexity index is 419. The Morgan fingerprint density at radius 1 is 1.17 bits per heavy atom. The zero-order chi connectivity index (χ0) is 13.2. The molecule has 1 fully saturated rings. The lowest BCUT2D eigenvalue weighted by molar-refractivity contribution is 0.0277. The maximum Gasteiger partial charge on any atom is 0.0645 e. The third-order valence-corrected chi connectivity index (χ3v) is 4.10. The van der Waals surface area contributed by atoms with Crippen molar-refractivity contribution in [3.63, 3.8) is 0 Å². The highest BCUT2D eigenvalue weighted by Crippen LogP contribution is 2.20. The van der Waals surface area contributed by atoms with E-state index < -0.39 is 0 Å². The molecular weight excluding hydrogens is 222 g/mol. The van der Waals surface area contributed by atoms with Gasteiger partial charge in [-0.15, -0.1) is 0 Å². The zero-order valence-electron chi connectivity index (χ0n) is 12.1. The van der Waals surface area contributed by atoms with Gasteiger partial charge in [0, 0.05) is 18.7 Å². The molecular formula is C16H25NO. The average molecular weight is 247 g/mol. The fraction of sp³-hybridized carbons (Fsp3) is 0.625. The van der Waals surface area contributed by atoms with Gasteiger partial charge in [-0.2, -0.15) is 0 Å². The minimum absolute atomic E-state index is 0.142. The predicted octanol–water partition coefficient (Wildman–Crippen LogP) is 3.27. The van der Waals surface area contributed by atoms with E-state index in [9.17, 15) is 0 Å². The van der Waals surface area contributed by atoms with Gasteiger partial charge in [-0.05, 0) is 62.8 Å². The maximum atomic E-state index is 5.58. The van der Waals surface area contributed by atoms with Crippen LogP contribution in [0.25, 0.3) is 0 Å². The van der Waals surface area contributed by atoms with E-state index in [0.717, 1.165) is 26.2 Å². The third kappa shape index (κ3) is 3.12. The van der Waals surface area contributed by atoms with Gasteiger partial charge < -0.3 is 10.1 Å². The molecule has 0 spiro atoms. The normalized spacial score (nSPS) is 24.2. The van der Waals surface area contributed by atoms with Crippen LogP contribution in [0.5, 0.6) is 0 Å². The maximum absolute atomic E-state index is 5.58. The van der Waals surface area contributed by atoms with E-state index in [4.69, 9.17) is 4.74 Å². The monoisotopic (exact) mass is 247 g/mol. The van der Waals surface area contributed by atoms with Crippen molar-refractivity contribution in [2.24, 2.45) is 0 Å². The van der Waals surface area contributed by atoms with Crippen LogP contribution in [0.3, 0.4) is 0 Å². The Labute approximate surface area is 111 Å². The first kappa shape index (κ1) is 13.6. The smallest absolute Gasteiger partial charge is 0.0645 e.